The molecule has 22 heavy (non-hydrogen) atoms. The molecular weight excluding hydrogens is 284 g/mol. The summed E-state index contributed by atoms with van der Waals surface area (Å²) in [5, 5.41) is 13.8. The van der Waals surface area contributed by atoms with Crippen molar-refractivity contribution in [1.82, 2.24) is 5.32 Å². The maximum Gasteiger partial charge on any atom is 0.312 e. The predicted octanol–water partition coefficient (Wildman–Crippen LogP) is 1.17. The van der Waals surface area contributed by atoms with E-state index in [1.165, 1.54) is 0 Å². The van der Waals surface area contributed by atoms with Crippen molar-refractivity contribution in [2.45, 2.75) is 33.8 Å². The van der Waals surface area contributed by atoms with Crippen molar-refractivity contribution in [2.24, 2.45) is 11.5 Å². The van der Waals surface area contributed by atoms with Gasteiger partial charge < -0.3 is 27.2 Å². The number of benzene rings is 1. The summed E-state index contributed by atoms with van der Waals surface area (Å²) in [6.45, 7) is 6.62. The molecule has 7 N–H and O–H groups in total. The molecule has 0 aliphatic rings. The van der Waals surface area contributed by atoms with E-state index in [1.807, 2.05) is 20.8 Å². The number of anilines is 1. The Hall–Kier alpha value is -2.12. The van der Waals surface area contributed by atoms with Gasteiger partial charge in [0.2, 0.25) is 5.91 Å². The highest BCUT2D eigenvalue weighted by atomic mass is 16.3. The van der Waals surface area contributed by atoms with Gasteiger partial charge >= 0.3 is 6.03 Å². The molecule has 0 atom stereocenters. The Balaban J connectivity index is 0. The predicted molar refractivity (Wildman–Crippen MR) is 89.3 cm³/mol. The molecule has 1 aromatic carbocycles. The lowest BCUT2D eigenvalue weighted by atomic mass is 10.2. The third-order valence-corrected chi connectivity index (χ3v) is 2.15. The lowest BCUT2D eigenvalue weighted by Crippen LogP contribution is -2.29. The van der Waals surface area contributed by atoms with E-state index in [1.54, 1.807) is 24.3 Å². The van der Waals surface area contributed by atoms with Crippen LogP contribution in [0.1, 0.15) is 32.8 Å². The molecule has 7 nitrogen and oxygen atoms in total. The van der Waals surface area contributed by atoms with Crippen molar-refractivity contribution in [2.75, 3.05) is 18.4 Å². The van der Waals surface area contributed by atoms with Crippen LogP contribution in [0.5, 0.6) is 0 Å². The SMILES string of the molecule is CC.CCCNC(N)=O.NCC(=O)Nc1ccc(CO)cc1. The van der Waals surface area contributed by atoms with Crippen LogP contribution in [-0.2, 0) is 11.4 Å². The van der Waals surface area contributed by atoms with Crippen LogP contribution in [0.4, 0.5) is 10.5 Å². The molecule has 0 aliphatic carbocycles. The van der Waals surface area contributed by atoms with Crippen molar-refractivity contribution in [1.29, 1.82) is 0 Å². The lowest BCUT2D eigenvalue weighted by Gasteiger charge is -2.03. The smallest absolute Gasteiger partial charge is 0.312 e. The first-order chi connectivity index (χ1) is 10.5. The van der Waals surface area contributed by atoms with Crippen LogP contribution >= 0.6 is 0 Å². The van der Waals surface area contributed by atoms with E-state index in [2.05, 4.69) is 10.6 Å². The fraction of sp³-hybridized carbons (Fsp3) is 0.467. The maximum absolute atomic E-state index is 10.9. The Bertz CT molecular complexity index is 408. The van der Waals surface area contributed by atoms with Crippen LogP contribution in [-0.4, -0.2) is 30.1 Å². The second-order valence-corrected chi connectivity index (χ2v) is 3.90. The number of carbonyl (C=O) groups is 2. The second kappa shape index (κ2) is 15.3. The van der Waals surface area contributed by atoms with E-state index in [-0.39, 0.29) is 19.1 Å². The molecule has 0 fully saturated rings. The molecule has 1 rings (SSSR count). The Kier molecular flexibility index (Phi) is 15.4. The zero-order valence-corrected chi connectivity index (χ0v) is 13.6. The van der Waals surface area contributed by atoms with E-state index in [0.29, 0.717) is 12.2 Å². The highest BCUT2D eigenvalue weighted by Crippen LogP contribution is 2.08. The highest BCUT2D eigenvalue weighted by molar-refractivity contribution is 5.92. The largest absolute Gasteiger partial charge is 0.392 e. The monoisotopic (exact) mass is 312 g/mol. The Morgan fingerprint density at radius 1 is 1.18 bits per heavy atom. The third kappa shape index (κ3) is 12.9. The quantitative estimate of drug-likeness (QED) is 0.558. The average molecular weight is 312 g/mol. The molecule has 0 aliphatic heterocycles. The number of nitrogens with two attached hydrogens (primary N) is 2. The number of hydrogen-bond donors (Lipinski definition) is 5. The Labute approximate surface area is 132 Å². The van der Waals surface area contributed by atoms with E-state index in [0.717, 1.165) is 12.0 Å². The van der Waals surface area contributed by atoms with Crippen molar-refractivity contribution in [3.8, 4) is 0 Å². The lowest BCUT2D eigenvalue weighted by molar-refractivity contribution is -0.114. The van der Waals surface area contributed by atoms with E-state index < -0.39 is 6.03 Å². The summed E-state index contributed by atoms with van der Waals surface area (Å²) in [6, 6.07) is 6.48. The van der Waals surface area contributed by atoms with Crippen molar-refractivity contribution in [3.05, 3.63) is 29.8 Å². The maximum atomic E-state index is 10.9. The molecule has 7 heteroatoms. The minimum atomic E-state index is -0.443. The van der Waals surface area contributed by atoms with Crippen LogP contribution in [0.2, 0.25) is 0 Å². The summed E-state index contributed by atoms with van der Waals surface area (Å²) >= 11 is 0. The van der Waals surface area contributed by atoms with Crippen LogP contribution in [0, 0.1) is 0 Å². The number of nitrogens with one attached hydrogen (secondary N) is 2. The number of amides is 3. The van der Waals surface area contributed by atoms with Crippen LogP contribution in [0.15, 0.2) is 24.3 Å². The van der Waals surface area contributed by atoms with E-state index in [9.17, 15) is 9.59 Å². The minimum absolute atomic E-state index is 0.00507. The van der Waals surface area contributed by atoms with Gasteiger partial charge in [-0.15, -0.1) is 0 Å². The van der Waals surface area contributed by atoms with Gasteiger partial charge in [0.25, 0.3) is 0 Å². The fourth-order valence-electron chi connectivity index (χ4n) is 1.15. The summed E-state index contributed by atoms with van der Waals surface area (Å²) in [6.07, 6.45) is 0.933. The number of primary amides is 1. The first-order valence-electron chi connectivity index (χ1n) is 7.26. The molecule has 126 valence electrons. The van der Waals surface area contributed by atoms with Crippen LogP contribution in [0.3, 0.4) is 0 Å². The number of urea groups is 1. The van der Waals surface area contributed by atoms with Gasteiger partial charge in [-0.25, -0.2) is 4.79 Å². The van der Waals surface area contributed by atoms with Crippen molar-refractivity contribution in [3.63, 3.8) is 0 Å². The zero-order valence-electron chi connectivity index (χ0n) is 13.6. The number of rotatable bonds is 5. The van der Waals surface area contributed by atoms with E-state index in [4.69, 9.17) is 16.6 Å². The summed E-state index contributed by atoms with van der Waals surface area (Å²) in [5.74, 6) is -0.225. The first kappa shape index (κ1) is 22.2. The normalized spacial score (nSPS) is 8.59. The van der Waals surface area contributed by atoms with Crippen LogP contribution < -0.4 is 22.1 Å². The van der Waals surface area contributed by atoms with Crippen molar-refractivity contribution < 1.29 is 14.7 Å². The topological polar surface area (TPSA) is 130 Å². The first-order valence-corrected chi connectivity index (χ1v) is 7.26. The van der Waals surface area contributed by atoms with Gasteiger partial charge in [0.1, 0.15) is 0 Å². The van der Waals surface area contributed by atoms with Gasteiger partial charge in [-0.05, 0) is 24.1 Å². The molecule has 0 aromatic heterocycles. The summed E-state index contributed by atoms with van der Waals surface area (Å²) in [7, 11) is 0. The summed E-state index contributed by atoms with van der Waals surface area (Å²) in [5.41, 5.74) is 11.4. The van der Waals surface area contributed by atoms with E-state index >= 15 is 0 Å². The zero-order chi connectivity index (χ0) is 17.4. The molecule has 3 amide bonds. The molecule has 0 spiro atoms. The standard InChI is InChI=1S/C9H12N2O2.C4H10N2O.C2H6/c10-5-9(13)11-8-3-1-7(6-12)2-4-8;1-2-3-6-4(5)7;1-2/h1-4,12H,5-6,10H2,(H,11,13);2-3H2,1H3,(H3,5,6,7);1-2H3. The number of carbonyl (C=O) groups excluding carboxylic acids is 2. The number of hydrogen-bond acceptors (Lipinski definition) is 4. The number of aliphatic hydroxyl groups excluding tert-OH is 1. The molecule has 1 aromatic rings. The molecule has 0 heterocycles. The molecule has 0 saturated carbocycles. The van der Waals surface area contributed by atoms with Gasteiger partial charge in [-0.3, -0.25) is 4.79 Å². The van der Waals surface area contributed by atoms with Gasteiger partial charge in [0.05, 0.1) is 13.2 Å². The molecule has 0 bridgehead atoms. The molecule has 0 saturated heterocycles. The van der Waals surface area contributed by atoms with Gasteiger partial charge in [0, 0.05) is 12.2 Å². The minimum Gasteiger partial charge on any atom is -0.392 e. The van der Waals surface area contributed by atoms with Crippen molar-refractivity contribution >= 4 is 17.6 Å². The highest BCUT2D eigenvalue weighted by Gasteiger charge is 1.98. The molecule has 0 unspecified atom stereocenters. The second-order valence-electron chi connectivity index (χ2n) is 3.90. The molecular formula is C15H28N4O3. The van der Waals surface area contributed by atoms with Gasteiger partial charge in [-0.1, -0.05) is 32.9 Å². The third-order valence-electron chi connectivity index (χ3n) is 2.15. The Morgan fingerprint density at radius 2 is 1.73 bits per heavy atom. The Morgan fingerprint density at radius 3 is 2.05 bits per heavy atom. The van der Waals surface area contributed by atoms with Gasteiger partial charge in [-0.2, -0.15) is 0 Å². The summed E-state index contributed by atoms with van der Waals surface area (Å²) in [4.78, 5) is 20.7. The molecule has 0 radical (unpaired) electrons. The average Bonchev–Trinajstić information content (AvgIpc) is 2.56. The summed E-state index contributed by atoms with van der Waals surface area (Å²) < 4.78 is 0. The van der Waals surface area contributed by atoms with Gasteiger partial charge in [0.15, 0.2) is 0 Å². The fourth-order valence-corrected chi connectivity index (χ4v) is 1.15. The van der Waals surface area contributed by atoms with Crippen LogP contribution in [0.25, 0.3) is 0 Å². The number of aliphatic hydroxyl groups is 1.